The zero-order chi connectivity index (χ0) is 20.6. The first-order chi connectivity index (χ1) is 12.2. The van der Waals surface area contributed by atoms with Crippen LogP contribution in [0.3, 0.4) is 0 Å². The molecule has 1 heterocycles. The van der Waals surface area contributed by atoms with Gasteiger partial charge in [0.05, 0.1) is 8.07 Å². The van der Waals surface area contributed by atoms with E-state index in [0.29, 0.717) is 0 Å². The molecule has 2 aromatic rings. The predicted molar refractivity (Wildman–Crippen MR) is 123 cm³/mol. The first-order valence-corrected chi connectivity index (χ1v) is 16.4. The van der Waals surface area contributed by atoms with Crippen LogP contribution in [0.4, 0.5) is 0 Å². The van der Waals surface area contributed by atoms with Crippen molar-refractivity contribution < 1.29 is 9.22 Å². The van der Waals surface area contributed by atoms with Gasteiger partial charge in [-0.3, -0.25) is 4.79 Å². The Morgan fingerprint density at radius 1 is 1.11 bits per heavy atom. The minimum Gasteiger partial charge on any atom is -0.417 e. The maximum Gasteiger partial charge on any atom is 0.191 e. The van der Waals surface area contributed by atoms with Crippen LogP contribution >= 0.6 is 0 Å². The second kappa shape index (κ2) is 7.68. The Labute approximate surface area is 167 Å². The Balaban J connectivity index is 2.27. The normalized spacial score (nSPS) is 13.4. The van der Waals surface area contributed by atoms with Gasteiger partial charge in [-0.15, -0.1) is 0 Å². The Hall–Kier alpha value is -1.18. The zero-order valence-electron chi connectivity index (χ0n) is 18.7. The number of hydrogen-bond donors (Lipinski definition) is 1. The molecule has 1 aromatic carbocycles. The van der Waals surface area contributed by atoms with Gasteiger partial charge in [0.25, 0.3) is 0 Å². The molecule has 0 saturated heterocycles. The van der Waals surface area contributed by atoms with Gasteiger partial charge in [0, 0.05) is 28.4 Å². The van der Waals surface area contributed by atoms with Crippen molar-refractivity contribution in [1.29, 1.82) is 0 Å². The van der Waals surface area contributed by atoms with E-state index in [1.165, 1.54) is 16.3 Å². The number of rotatable bonds is 7. The second-order valence-electron chi connectivity index (χ2n) is 10.3. The fraction of sp³-hybridized carbons (Fsp3) is 0.591. The molecule has 0 radical (unpaired) electrons. The number of benzene rings is 1. The summed E-state index contributed by atoms with van der Waals surface area (Å²) in [7, 11) is -3.20. The van der Waals surface area contributed by atoms with Gasteiger partial charge in [-0.1, -0.05) is 40.4 Å². The van der Waals surface area contributed by atoms with E-state index in [-0.39, 0.29) is 10.8 Å². The molecule has 27 heavy (non-hydrogen) atoms. The fourth-order valence-electron chi connectivity index (χ4n) is 3.16. The van der Waals surface area contributed by atoms with Crippen LogP contribution in [-0.4, -0.2) is 33.8 Å². The van der Waals surface area contributed by atoms with E-state index < -0.39 is 16.4 Å². The topological polar surface area (TPSA) is 42.1 Å². The molecule has 2 rings (SSSR count). The summed E-state index contributed by atoms with van der Waals surface area (Å²) in [6.07, 6.45) is 2.01. The molecule has 0 aliphatic rings. The van der Waals surface area contributed by atoms with Crippen molar-refractivity contribution in [3.05, 3.63) is 29.3 Å². The minimum absolute atomic E-state index is 0.125. The van der Waals surface area contributed by atoms with Crippen LogP contribution in [-0.2, 0) is 10.8 Å². The Kier molecular flexibility index (Phi) is 6.29. The number of nitrogens with one attached hydrogen (secondary N) is 1. The highest BCUT2D eigenvalue weighted by atomic mass is 28.4. The van der Waals surface area contributed by atoms with Gasteiger partial charge in [0.2, 0.25) is 0 Å². The van der Waals surface area contributed by atoms with Crippen molar-refractivity contribution in [2.75, 3.05) is 6.61 Å². The lowest BCUT2D eigenvalue weighted by Crippen LogP contribution is -2.42. The third-order valence-electron chi connectivity index (χ3n) is 5.90. The maximum absolute atomic E-state index is 11.9. The van der Waals surface area contributed by atoms with Crippen LogP contribution < -0.4 is 5.32 Å². The number of Topliss-reactive ketones (excluding diaryl/α,β-unsaturated/α-hetero) is 1. The van der Waals surface area contributed by atoms with E-state index in [9.17, 15) is 4.79 Å². The van der Waals surface area contributed by atoms with Gasteiger partial charge in [-0.2, -0.15) is 0 Å². The van der Waals surface area contributed by atoms with Crippen LogP contribution in [0.25, 0.3) is 10.9 Å². The molecular weight excluding hydrogens is 366 g/mol. The van der Waals surface area contributed by atoms with Gasteiger partial charge in [0.1, 0.15) is 0 Å². The van der Waals surface area contributed by atoms with Gasteiger partial charge >= 0.3 is 0 Å². The number of aromatic nitrogens is 1. The molecule has 0 aliphatic carbocycles. The number of carbonyl (C=O) groups excluding carboxylic acids is 1. The summed E-state index contributed by atoms with van der Waals surface area (Å²) in [5.74, 6) is 0.125. The number of aryl methyl sites for hydroxylation is 1. The quantitative estimate of drug-likeness (QED) is 0.357. The van der Waals surface area contributed by atoms with Gasteiger partial charge in [0.15, 0.2) is 14.1 Å². The molecule has 0 atom stereocenters. The Bertz CT molecular complexity index is 823. The largest absolute Gasteiger partial charge is 0.417 e. The molecule has 1 N–H and O–H groups in total. The summed E-state index contributed by atoms with van der Waals surface area (Å²) < 4.78 is 6.38. The highest BCUT2D eigenvalue weighted by Crippen LogP contribution is 2.36. The standard InChI is InChI=1S/C22H37NO2Si2/c1-16(24)17-12-13-20-19(15-17)18(21(23-20)26(5,6)7)11-10-14-25-27(8,9)22(2,3)4/h12-13,15,23H,10-11,14H2,1-9H3. The molecule has 0 amide bonds. The molecule has 0 bridgehead atoms. The zero-order valence-corrected chi connectivity index (χ0v) is 20.7. The van der Waals surface area contributed by atoms with Gasteiger partial charge in [-0.25, -0.2) is 0 Å². The summed E-state index contributed by atoms with van der Waals surface area (Å²) in [5, 5.41) is 2.87. The smallest absolute Gasteiger partial charge is 0.191 e. The van der Waals surface area contributed by atoms with E-state index in [0.717, 1.165) is 30.5 Å². The van der Waals surface area contributed by atoms with Crippen LogP contribution in [0.15, 0.2) is 18.2 Å². The second-order valence-corrected chi connectivity index (χ2v) is 20.1. The first kappa shape index (κ1) is 22.1. The molecule has 150 valence electrons. The number of H-pyrrole nitrogens is 1. The Morgan fingerprint density at radius 2 is 1.74 bits per heavy atom. The summed E-state index contributed by atoms with van der Waals surface area (Å²) in [6.45, 7) is 21.0. The highest BCUT2D eigenvalue weighted by Gasteiger charge is 2.36. The number of aromatic amines is 1. The molecule has 0 saturated carbocycles. The molecule has 0 fully saturated rings. The Morgan fingerprint density at radius 3 is 2.26 bits per heavy atom. The lowest BCUT2D eigenvalue weighted by molar-refractivity contribution is 0.101. The van der Waals surface area contributed by atoms with Crippen molar-refractivity contribution in [3.63, 3.8) is 0 Å². The third kappa shape index (κ3) is 5.01. The predicted octanol–water partition coefficient (Wildman–Crippen LogP) is 5.87. The van der Waals surface area contributed by atoms with Crippen molar-refractivity contribution >= 4 is 38.4 Å². The van der Waals surface area contributed by atoms with Crippen LogP contribution in [0.5, 0.6) is 0 Å². The summed E-state index contributed by atoms with van der Waals surface area (Å²) in [5.41, 5.74) is 3.34. The molecule has 1 aromatic heterocycles. The van der Waals surface area contributed by atoms with E-state index in [1.807, 2.05) is 6.07 Å². The van der Waals surface area contributed by atoms with E-state index in [2.05, 4.69) is 70.6 Å². The van der Waals surface area contributed by atoms with Crippen LogP contribution in [0.2, 0.25) is 37.8 Å². The van der Waals surface area contributed by atoms with E-state index in [1.54, 1.807) is 6.92 Å². The van der Waals surface area contributed by atoms with Gasteiger partial charge in [-0.05, 0) is 61.7 Å². The lowest BCUT2D eigenvalue weighted by Gasteiger charge is -2.36. The fourth-order valence-corrected chi connectivity index (χ4v) is 5.92. The molecule has 0 unspecified atom stereocenters. The number of carbonyl (C=O) groups is 1. The van der Waals surface area contributed by atoms with E-state index >= 15 is 0 Å². The highest BCUT2D eigenvalue weighted by molar-refractivity contribution is 6.88. The summed E-state index contributed by atoms with van der Waals surface area (Å²) >= 11 is 0. The SMILES string of the molecule is CC(=O)c1ccc2[nH]c([Si](C)(C)C)c(CCCO[Si](C)(C)C(C)(C)C)c2c1. The minimum atomic E-state index is -1.70. The van der Waals surface area contributed by atoms with Crippen LogP contribution in [0, 0.1) is 0 Å². The molecule has 5 heteroatoms. The van der Waals surface area contributed by atoms with E-state index in [4.69, 9.17) is 4.43 Å². The van der Waals surface area contributed by atoms with Crippen LogP contribution in [0.1, 0.15) is 50.0 Å². The van der Waals surface area contributed by atoms with Crippen molar-refractivity contribution in [2.45, 2.75) is 78.3 Å². The van der Waals surface area contributed by atoms with Crippen molar-refractivity contribution in [2.24, 2.45) is 0 Å². The maximum atomic E-state index is 11.9. The van der Waals surface area contributed by atoms with Crippen molar-refractivity contribution in [1.82, 2.24) is 4.98 Å². The number of ketones is 1. The summed E-state index contributed by atoms with van der Waals surface area (Å²) in [6, 6.07) is 6.06. The average molecular weight is 404 g/mol. The molecule has 0 spiro atoms. The molecular formula is C22H37NO2Si2. The lowest BCUT2D eigenvalue weighted by atomic mass is 10.0. The molecule has 0 aliphatic heterocycles. The number of fused-ring (bicyclic) bond motifs is 1. The van der Waals surface area contributed by atoms with Gasteiger partial charge < -0.3 is 9.41 Å². The first-order valence-electron chi connectivity index (χ1n) is 10.0. The third-order valence-corrected chi connectivity index (χ3v) is 12.4. The molecule has 3 nitrogen and oxygen atoms in total. The van der Waals surface area contributed by atoms with Crippen molar-refractivity contribution in [3.8, 4) is 0 Å². The summed E-state index contributed by atoms with van der Waals surface area (Å²) in [4.78, 5) is 15.5. The monoisotopic (exact) mass is 403 g/mol. The average Bonchev–Trinajstić information content (AvgIpc) is 2.88. The number of hydrogen-bond acceptors (Lipinski definition) is 2.